The summed E-state index contributed by atoms with van der Waals surface area (Å²) in [6.45, 7) is 4.10. The quantitative estimate of drug-likeness (QED) is 0.582. The molecule has 0 N–H and O–H groups in total. The minimum Gasteiger partial charge on any atom is -0.461 e. The number of hydrogen-bond acceptors (Lipinski definition) is 8. The van der Waals surface area contributed by atoms with Gasteiger partial charge in [0.1, 0.15) is 5.82 Å². The van der Waals surface area contributed by atoms with Gasteiger partial charge >= 0.3 is 17.9 Å². The third-order valence-electron chi connectivity index (χ3n) is 4.67. The van der Waals surface area contributed by atoms with E-state index in [1.165, 1.54) is 23.1 Å². The van der Waals surface area contributed by atoms with Gasteiger partial charge in [-0.05, 0) is 31.0 Å². The molecule has 0 saturated carbocycles. The summed E-state index contributed by atoms with van der Waals surface area (Å²) in [5.41, 5.74) is 0.418. The van der Waals surface area contributed by atoms with E-state index in [1.54, 1.807) is 6.92 Å². The van der Waals surface area contributed by atoms with Gasteiger partial charge in [-0.25, -0.2) is 14.2 Å². The fourth-order valence-corrected chi connectivity index (χ4v) is 3.58. The zero-order valence-electron chi connectivity index (χ0n) is 18.1. The van der Waals surface area contributed by atoms with E-state index >= 15 is 0 Å². The molecular formula is C22H20ClFN2O7. The van der Waals surface area contributed by atoms with Gasteiger partial charge in [-0.15, -0.1) is 0 Å². The monoisotopic (exact) mass is 478 g/mol. The van der Waals surface area contributed by atoms with Crippen LogP contribution in [0.15, 0.2) is 18.2 Å². The Hall–Kier alpha value is -3.53. The molecule has 3 rings (SSSR count). The van der Waals surface area contributed by atoms with E-state index in [0.29, 0.717) is 5.56 Å². The number of halogens is 2. The second-order valence-corrected chi connectivity index (χ2v) is 7.49. The molecule has 0 spiro atoms. The highest BCUT2D eigenvalue weighted by atomic mass is 35.5. The van der Waals surface area contributed by atoms with Crippen LogP contribution in [0.3, 0.4) is 0 Å². The molecule has 9 nitrogen and oxygen atoms in total. The van der Waals surface area contributed by atoms with Gasteiger partial charge in [0.2, 0.25) is 5.75 Å². The van der Waals surface area contributed by atoms with E-state index in [9.17, 15) is 23.6 Å². The number of carbonyl (C=O) groups is 4. The van der Waals surface area contributed by atoms with Crippen LogP contribution in [0.2, 0.25) is 5.02 Å². The normalized spacial score (nSPS) is 12.8. The van der Waals surface area contributed by atoms with E-state index in [-0.39, 0.29) is 53.7 Å². The molecule has 0 saturated heterocycles. The summed E-state index contributed by atoms with van der Waals surface area (Å²) < 4.78 is 28.8. The molecule has 0 unspecified atom stereocenters. The Bertz CT molecular complexity index is 1150. The Labute approximate surface area is 193 Å². The Kier molecular flexibility index (Phi) is 7.27. The second kappa shape index (κ2) is 9.95. The zero-order chi connectivity index (χ0) is 24.3. The second-order valence-electron chi connectivity index (χ2n) is 7.08. The van der Waals surface area contributed by atoms with Crippen LogP contribution in [-0.2, 0) is 27.3 Å². The predicted molar refractivity (Wildman–Crippen MR) is 113 cm³/mol. The van der Waals surface area contributed by atoms with Gasteiger partial charge in [0.25, 0.3) is 11.8 Å². The summed E-state index contributed by atoms with van der Waals surface area (Å²) in [6, 6.07) is 4.07. The number of fused-ring (bicyclic) bond motifs is 1. The molecule has 0 fully saturated rings. The van der Waals surface area contributed by atoms with Crippen molar-refractivity contribution in [1.82, 2.24) is 9.88 Å². The maximum Gasteiger partial charge on any atom is 0.357 e. The Morgan fingerprint density at radius 3 is 2.48 bits per heavy atom. The highest BCUT2D eigenvalue weighted by molar-refractivity contribution is 6.30. The number of benzene rings is 1. The first-order valence-corrected chi connectivity index (χ1v) is 10.3. The first-order chi connectivity index (χ1) is 15.6. The van der Waals surface area contributed by atoms with E-state index in [0.717, 1.165) is 13.8 Å². The van der Waals surface area contributed by atoms with Crippen LogP contribution in [0.1, 0.15) is 52.7 Å². The lowest BCUT2D eigenvalue weighted by Crippen LogP contribution is -2.39. The topological polar surface area (TPSA) is 112 Å². The van der Waals surface area contributed by atoms with Crippen LogP contribution in [0.4, 0.5) is 4.39 Å². The van der Waals surface area contributed by atoms with Crippen LogP contribution < -0.4 is 9.47 Å². The van der Waals surface area contributed by atoms with Crippen LogP contribution in [0, 0.1) is 5.82 Å². The maximum absolute atomic E-state index is 13.5. The lowest BCUT2D eigenvalue weighted by molar-refractivity contribution is -0.135. The third kappa shape index (κ3) is 5.28. The maximum atomic E-state index is 13.5. The number of ether oxygens (including phenoxy) is 3. The number of esters is 3. The molecule has 2 heterocycles. The minimum atomic E-state index is -0.817. The zero-order valence-corrected chi connectivity index (χ0v) is 18.8. The van der Waals surface area contributed by atoms with Crippen molar-refractivity contribution in [3.8, 4) is 11.6 Å². The number of carbonyl (C=O) groups excluding carboxylic acids is 4. The van der Waals surface area contributed by atoms with Crippen molar-refractivity contribution in [2.24, 2.45) is 0 Å². The molecule has 11 heteroatoms. The van der Waals surface area contributed by atoms with E-state index < -0.39 is 35.5 Å². The summed E-state index contributed by atoms with van der Waals surface area (Å²) in [5, 5.41) is -0.0936. The Morgan fingerprint density at radius 1 is 1.18 bits per heavy atom. The van der Waals surface area contributed by atoms with E-state index in [4.69, 9.17) is 25.8 Å². The van der Waals surface area contributed by atoms with Gasteiger partial charge in [0.15, 0.2) is 5.69 Å². The van der Waals surface area contributed by atoms with Gasteiger partial charge in [0, 0.05) is 32.5 Å². The van der Waals surface area contributed by atoms with Gasteiger partial charge < -0.3 is 19.1 Å². The van der Waals surface area contributed by atoms with Crippen molar-refractivity contribution in [2.45, 2.75) is 33.7 Å². The highest BCUT2D eigenvalue weighted by Gasteiger charge is 2.36. The van der Waals surface area contributed by atoms with Crippen LogP contribution in [0.25, 0.3) is 0 Å². The summed E-state index contributed by atoms with van der Waals surface area (Å²) in [6.07, 6.45) is 0.172. The molecule has 2 aromatic rings. The fraction of sp³-hybridized carbons (Fsp3) is 0.318. The summed E-state index contributed by atoms with van der Waals surface area (Å²) in [7, 11) is 0. The SMILES string of the molecule is CCOC(=O)c1nc(OC(C)=O)c(OC(C)=O)c2c1CCN(Cc1ccc(F)c(Cl)c1)C2=O. The molecule has 1 aromatic heterocycles. The van der Waals surface area contributed by atoms with Gasteiger partial charge in [-0.1, -0.05) is 17.7 Å². The lowest BCUT2D eigenvalue weighted by Gasteiger charge is -2.30. The number of hydrogen-bond donors (Lipinski definition) is 0. The summed E-state index contributed by atoms with van der Waals surface area (Å²) >= 11 is 5.84. The average molecular weight is 479 g/mol. The van der Waals surface area contributed by atoms with Gasteiger partial charge in [-0.3, -0.25) is 14.4 Å². The predicted octanol–water partition coefficient (Wildman–Crippen LogP) is 3.10. The number of rotatable bonds is 6. The Morgan fingerprint density at radius 2 is 1.88 bits per heavy atom. The minimum absolute atomic E-state index is 0.0509. The van der Waals surface area contributed by atoms with Crippen molar-refractivity contribution in [1.29, 1.82) is 0 Å². The molecule has 1 aliphatic heterocycles. The molecule has 0 radical (unpaired) electrons. The molecule has 1 aliphatic rings. The van der Waals surface area contributed by atoms with Crippen LogP contribution >= 0.6 is 11.6 Å². The average Bonchev–Trinajstić information content (AvgIpc) is 2.73. The van der Waals surface area contributed by atoms with Crippen molar-refractivity contribution in [3.05, 3.63) is 51.4 Å². The number of aromatic nitrogens is 1. The van der Waals surface area contributed by atoms with Crippen LogP contribution in [0.5, 0.6) is 11.6 Å². The summed E-state index contributed by atoms with van der Waals surface area (Å²) in [4.78, 5) is 54.8. The molecule has 174 valence electrons. The van der Waals surface area contributed by atoms with Crippen molar-refractivity contribution < 1.29 is 37.8 Å². The smallest absolute Gasteiger partial charge is 0.357 e. The van der Waals surface area contributed by atoms with Crippen molar-refractivity contribution in [3.63, 3.8) is 0 Å². The first-order valence-electron chi connectivity index (χ1n) is 9.96. The number of amides is 1. The standard InChI is InChI=1S/C22H20ClFN2O7/c1-4-31-22(30)18-14-7-8-26(10-13-5-6-16(24)15(23)9-13)21(29)17(14)19(32-11(2)27)20(25-18)33-12(3)28/h5-6,9H,4,7-8,10H2,1-3H3. The number of nitrogens with zero attached hydrogens (tertiary/aromatic N) is 2. The first kappa shape index (κ1) is 24.1. The van der Waals surface area contributed by atoms with E-state index in [1.807, 2.05) is 0 Å². The summed E-state index contributed by atoms with van der Waals surface area (Å²) in [5.74, 6) is -4.47. The Balaban J connectivity index is 2.13. The molecule has 0 aliphatic carbocycles. The molecule has 0 bridgehead atoms. The number of pyridine rings is 1. The third-order valence-corrected chi connectivity index (χ3v) is 4.96. The van der Waals surface area contributed by atoms with Gasteiger partial charge in [0.05, 0.1) is 17.2 Å². The largest absolute Gasteiger partial charge is 0.461 e. The molecular weight excluding hydrogens is 459 g/mol. The van der Waals surface area contributed by atoms with E-state index in [2.05, 4.69) is 4.98 Å². The van der Waals surface area contributed by atoms with Crippen molar-refractivity contribution >= 4 is 35.4 Å². The molecule has 1 aromatic carbocycles. The molecule has 1 amide bonds. The molecule has 0 atom stereocenters. The lowest BCUT2D eigenvalue weighted by atomic mass is 9.96. The van der Waals surface area contributed by atoms with Crippen LogP contribution in [-0.4, -0.2) is 46.9 Å². The van der Waals surface area contributed by atoms with Gasteiger partial charge in [-0.2, -0.15) is 0 Å². The molecule has 33 heavy (non-hydrogen) atoms. The highest BCUT2D eigenvalue weighted by Crippen LogP contribution is 2.38. The fourth-order valence-electron chi connectivity index (χ4n) is 3.38. The van der Waals surface area contributed by atoms with Crippen molar-refractivity contribution in [2.75, 3.05) is 13.2 Å².